The van der Waals surface area contributed by atoms with Crippen molar-refractivity contribution < 1.29 is 24.2 Å². The Morgan fingerprint density at radius 2 is 1.71 bits per heavy atom. The number of hydrogen-bond donors (Lipinski definition) is 1. The Balaban J connectivity index is 2.17. The molecule has 21 heavy (non-hydrogen) atoms. The highest BCUT2D eigenvalue weighted by Crippen LogP contribution is 2.19. The molecule has 1 N–H and O–H groups in total. The van der Waals surface area contributed by atoms with Gasteiger partial charge in [-0.05, 0) is 24.3 Å². The molecular weight excluding hydrogens is 272 g/mol. The Morgan fingerprint density at radius 1 is 1.05 bits per heavy atom. The number of ketones is 1. The first kappa shape index (κ1) is 14.6. The van der Waals surface area contributed by atoms with Crippen LogP contribution < -0.4 is 4.74 Å². The Labute approximate surface area is 121 Å². The van der Waals surface area contributed by atoms with E-state index in [0.29, 0.717) is 16.9 Å². The Morgan fingerprint density at radius 3 is 2.38 bits per heavy atom. The number of hydrogen-bond acceptors (Lipinski definition) is 5. The van der Waals surface area contributed by atoms with E-state index < -0.39 is 5.97 Å². The van der Waals surface area contributed by atoms with Crippen LogP contribution in [0.25, 0.3) is 0 Å². The molecule has 5 heteroatoms. The van der Waals surface area contributed by atoms with Gasteiger partial charge in [-0.15, -0.1) is 0 Å². The summed E-state index contributed by atoms with van der Waals surface area (Å²) in [6.45, 7) is -0.222. The number of phenolic OH excluding ortho intramolecular Hbond substituents is 1. The molecule has 2 aromatic carbocycles. The molecule has 0 bridgehead atoms. The largest absolute Gasteiger partial charge is 0.508 e. The molecule has 0 spiro atoms. The van der Waals surface area contributed by atoms with E-state index in [1.165, 1.54) is 25.3 Å². The van der Waals surface area contributed by atoms with Crippen molar-refractivity contribution in [1.29, 1.82) is 0 Å². The van der Waals surface area contributed by atoms with Crippen LogP contribution >= 0.6 is 0 Å². The minimum absolute atomic E-state index is 0.0268. The number of aromatic hydroxyl groups is 1. The second-order valence-electron chi connectivity index (χ2n) is 4.27. The van der Waals surface area contributed by atoms with Gasteiger partial charge in [-0.2, -0.15) is 0 Å². The summed E-state index contributed by atoms with van der Waals surface area (Å²) in [6.07, 6.45) is 0. The van der Waals surface area contributed by atoms with Gasteiger partial charge in [0, 0.05) is 11.1 Å². The Hall–Kier alpha value is -2.82. The molecule has 0 fully saturated rings. The standard InChI is InChI=1S/C16H14O5/c1-20-15(18)10-21-14-7-3-5-12(9-14)16(19)11-4-2-6-13(17)8-11/h2-9,17H,10H2,1H3. The average Bonchev–Trinajstić information content (AvgIpc) is 2.52. The first-order valence-corrected chi connectivity index (χ1v) is 6.23. The monoisotopic (exact) mass is 286 g/mol. The number of methoxy groups -OCH3 is 1. The highest BCUT2D eigenvalue weighted by atomic mass is 16.6. The van der Waals surface area contributed by atoms with Crippen LogP contribution in [0.15, 0.2) is 48.5 Å². The highest BCUT2D eigenvalue weighted by molar-refractivity contribution is 6.09. The molecule has 0 saturated heterocycles. The van der Waals surface area contributed by atoms with Gasteiger partial charge in [-0.25, -0.2) is 4.79 Å². The molecule has 0 heterocycles. The molecule has 2 aromatic rings. The van der Waals surface area contributed by atoms with Crippen molar-refractivity contribution in [1.82, 2.24) is 0 Å². The van der Waals surface area contributed by atoms with E-state index in [-0.39, 0.29) is 18.1 Å². The SMILES string of the molecule is COC(=O)COc1cccc(C(=O)c2cccc(O)c2)c1. The molecule has 5 nitrogen and oxygen atoms in total. The summed E-state index contributed by atoms with van der Waals surface area (Å²) in [5.74, 6) is -0.320. The molecule has 0 aliphatic heterocycles. The lowest BCUT2D eigenvalue weighted by atomic mass is 10.0. The zero-order valence-corrected chi connectivity index (χ0v) is 11.4. The molecule has 0 amide bonds. The van der Waals surface area contributed by atoms with Gasteiger partial charge in [0.1, 0.15) is 11.5 Å². The second-order valence-corrected chi connectivity index (χ2v) is 4.27. The van der Waals surface area contributed by atoms with Crippen molar-refractivity contribution in [2.24, 2.45) is 0 Å². The fourth-order valence-electron chi connectivity index (χ4n) is 1.74. The van der Waals surface area contributed by atoms with Gasteiger partial charge >= 0.3 is 5.97 Å². The number of ether oxygens (including phenoxy) is 2. The van der Waals surface area contributed by atoms with Crippen molar-refractivity contribution in [3.8, 4) is 11.5 Å². The first-order chi connectivity index (χ1) is 10.1. The lowest BCUT2D eigenvalue weighted by Crippen LogP contribution is -2.12. The summed E-state index contributed by atoms with van der Waals surface area (Å²) in [7, 11) is 1.27. The molecule has 2 rings (SSSR count). The highest BCUT2D eigenvalue weighted by Gasteiger charge is 2.11. The van der Waals surface area contributed by atoms with Crippen molar-refractivity contribution in [3.05, 3.63) is 59.7 Å². The van der Waals surface area contributed by atoms with Crippen LogP contribution in [0.2, 0.25) is 0 Å². The molecule has 0 radical (unpaired) electrons. The summed E-state index contributed by atoms with van der Waals surface area (Å²) < 4.78 is 9.71. The number of esters is 1. The van der Waals surface area contributed by atoms with Gasteiger partial charge in [-0.3, -0.25) is 4.79 Å². The third kappa shape index (κ3) is 3.82. The van der Waals surface area contributed by atoms with Crippen LogP contribution in [0.4, 0.5) is 0 Å². The van der Waals surface area contributed by atoms with Gasteiger partial charge < -0.3 is 14.6 Å². The second kappa shape index (κ2) is 6.56. The van der Waals surface area contributed by atoms with E-state index in [2.05, 4.69) is 4.74 Å². The number of carbonyl (C=O) groups is 2. The number of carbonyl (C=O) groups excluding carboxylic acids is 2. The van der Waals surface area contributed by atoms with E-state index in [0.717, 1.165) is 0 Å². The molecule has 0 unspecified atom stereocenters. The first-order valence-electron chi connectivity index (χ1n) is 6.23. The fourth-order valence-corrected chi connectivity index (χ4v) is 1.74. The third-order valence-electron chi connectivity index (χ3n) is 2.79. The zero-order valence-electron chi connectivity index (χ0n) is 11.4. The van der Waals surface area contributed by atoms with Crippen LogP contribution in [-0.4, -0.2) is 30.6 Å². The summed E-state index contributed by atoms with van der Waals surface area (Å²) in [5.41, 5.74) is 0.781. The van der Waals surface area contributed by atoms with Crippen LogP contribution in [0.5, 0.6) is 11.5 Å². The van der Waals surface area contributed by atoms with Crippen molar-refractivity contribution in [2.75, 3.05) is 13.7 Å². The lowest BCUT2D eigenvalue weighted by molar-refractivity contribution is -0.142. The normalized spacial score (nSPS) is 9.95. The van der Waals surface area contributed by atoms with E-state index in [4.69, 9.17) is 4.74 Å². The Bertz CT molecular complexity index is 663. The van der Waals surface area contributed by atoms with Crippen LogP contribution in [-0.2, 0) is 9.53 Å². The van der Waals surface area contributed by atoms with Crippen LogP contribution in [0, 0.1) is 0 Å². The van der Waals surface area contributed by atoms with Gasteiger partial charge in [-0.1, -0.05) is 24.3 Å². The summed E-state index contributed by atoms with van der Waals surface area (Å²) >= 11 is 0. The van der Waals surface area contributed by atoms with E-state index in [1.807, 2.05) is 0 Å². The average molecular weight is 286 g/mol. The summed E-state index contributed by atoms with van der Waals surface area (Å²) in [4.78, 5) is 23.3. The molecular formula is C16H14O5. The summed E-state index contributed by atoms with van der Waals surface area (Å²) in [6, 6.07) is 12.6. The zero-order chi connectivity index (χ0) is 15.2. The van der Waals surface area contributed by atoms with Gasteiger partial charge in [0.05, 0.1) is 7.11 Å². The van der Waals surface area contributed by atoms with Crippen molar-refractivity contribution in [2.45, 2.75) is 0 Å². The quantitative estimate of drug-likeness (QED) is 0.673. The maximum atomic E-state index is 12.3. The molecule has 0 aliphatic carbocycles. The number of benzene rings is 2. The van der Waals surface area contributed by atoms with Gasteiger partial charge in [0.2, 0.25) is 0 Å². The minimum atomic E-state index is -0.500. The smallest absolute Gasteiger partial charge is 0.343 e. The third-order valence-corrected chi connectivity index (χ3v) is 2.79. The molecule has 108 valence electrons. The van der Waals surface area contributed by atoms with Crippen LogP contribution in [0.1, 0.15) is 15.9 Å². The molecule has 0 aliphatic rings. The van der Waals surface area contributed by atoms with Crippen molar-refractivity contribution >= 4 is 11.8 Å². The fraction of sp³-hybridized carbons (Fsp3) is 0.125. The van der Waals surface area contributed by atoms with E-state index in [9.17, 15) is 14.7 Å². The maximum absolute atomic E-state index is 12.3. The van der Waals surface area contributed by atoms with E-state index in [1.54, 1.807) is 30.3 Å². The van der Waals surface area contributed by atoms with Gasteiger partial charge in [0.25, 0.3) is 0 Å². The topological polar surface area (TPSA) is 72.8 Å². The van der Waals surface area contributed by atoms with E-state index >= 15 is 0 Å². The minimum Gasteiger partial charge on any atom is -0.508 e. The molecule has 0 aromatic heterocycles. The number of rotatable bonds is 5. The molecule has 0 atom stereocenters. The maximum Gasteiger partial charge on any atom is 0.343 e. The van der Waals surface area contributed by atoms with Gasteiger partial charge in [0.15, 0.2) is 12.4 Å². The predicted molar refractivity (Wildman–Crippen MR) is 75.5 cm³/mol. The number of phenols is 1. The van der Waals surface area contributed by atoms with Crippen molar-refractivity contribution in [3.63, 3.8) is 0 Å². The Kier molecular flexibility index (Phi) is 4.56. The predicted octanol–water partition coefficient (Wildman–Crippen LogP) is 2.17. The molecule has 0 saturated carbocycles. The van der Waals surface area contributed by atoms with Crippen LogP contribution in [0.3, 0.4) is 0 Å². The summed E-state index contributed by atoms with van der Waals surface area (Å²) in [5, 5.41) is 9.41. The lowest BCUT2D eigenvalue weighted by Gasteiger charge is -2.07.